The van der Waals surface area contributed by atoms with Gasteiger partial charge in [0.15, 0.2) is 12.8 Å². The van der Waals surface area contributed by atoms with Gasteiger partial charge in [0.05, 0.1) is 0 Å². The first kappa shape index (κ1) is 16.6. The number of hydrogen-bond acceptors (Lipinski definition) is 2. The SMILES string of the molecule is CC(F)C(F)(F)C(F)(F)COC(=O)C(F)=C(F)F. The Morgan fingerprint density at radius 2 is 1.61 bits per heavy atom. The van der Waals surface area contributed by atoms with E-state index in [-0.39, 0.29) is 6.92 Å². The van der Waals surface area contributed by atoms with Crippen LogP contribution in [0.2, 0.25) is 0 Å². The van der Waals surface area contributed by atoms with E-state index in [1.807, 2.05) is 0 Å². The molecular weight excluding hydrogens is 280 g/mol. The monoisotopic (exact) mass is 286 g/mol. The largest absolute Gasteiger partial charge is 0.454 e. The van der Waals surface area contributed by atoms with Gasteiger partial charge in [0.25, 0.3) is 5.83 Å². The molecule has 0 aliphatic heterocycles. The summed E-state index contributed by atoms with van der Waals surface area (Å²) in [4.78, 5) is 10.3. The Hall–Kier alpha value is -1.35. The van der Waals surface area contributed by atoms with Gasteiger partial charge in [-0.3, -0.25) is 0 Å². The number of rotatable bonds is 5. The molecule has 0 radical (unpaired) electrons. The number of ether oxygens (including phenoxy) is 1. The minimum atomic E-state index is -5.19. The molecule has 0 heterocycles. The third-order valence-electron chi connectivity index (χ3n) is 1.72. The molecule has 18 heavy (non-hydrogen) atoms. The van der Waals surface area contributed by atoms with E-state index >= 15 is 0 Å². The summed E-state index contributed by atoms with van der Waals surface area (Å²) in [7, 11) is 0. The van der Waals surface area contributed by atoms with Crippen LogP contribution in [0.15, 0.2) is 11.9 Å². The van der Waals surface area contributed by atoms with Gasteiger partial charge in [0.2, 0.25) is 0 Å². The number of alkyl halides is 5. The second kappa shape index (κ2) is 5.53. The third-order valence-corrected chi connectivity index (χ3v) is 1.72. The maximum atomic E-state index is 12.7. The summed E-state index contributed by atoms with van der Waals surface area (Å²) in [6, 6.07) is 0. The lowest BCUT2D eigenvalue weighted by Crippen LogP contribution is -2.50. The van der Waals surface area contributed by atoms with Gasteiger partial charge in [-0.2, -0.15) is 30.7 Å². The lowest BCUT2D eigenvalue weighted by molar-refractivity contribution is -0.252. The topological polar surface area (TPSA) is 26.3 Å². The van der Waals surface area contributed by atoms with Gasteiger partial charge in [0, 0.05) is 0 Å². The standard InChI is InChI=1S/C8H6F8O2/c1-3(9)8(15,16)7(13,14)2-18-6(17)4(10)5(11)12/h3H,2H2,1H3. The summed E-state index contributed by atoms with van der Waals surface area (Å²) in [5.41, 5.74) is 0. The van der Waals surface area contributed by atoms with Crippen molar-refractivity contribution < 1.29 is 44.7 Å². The Balaban J connectivity index is 4.74. The van der Waals surface area contributed by atoms with Crippen LogP contribution in [0.25, 0.3) is 0 Å². The molecule has 1 unspecified atom stereocenters. The lowest BCUT2D eigenvalue weighted by atomic mass is 10.1. The summed E-state index contributed by atoms with van der Waals surface area (Å²) in [6.45, 7) is -2.31. The molecular formula is C8H6F8O2. The van der Waals surface area contributed by atoms with Crippen LogP contribution in [0.4, 0.5) is 35.1 Å². The Labute approximate surface area is 95.2 Å². The molecule has 0 fully saturated rings. The highest BCUT2D eigenvalue weighted by molar-refractivity contribution is 5.86. The molecule has 0 spiro atoms. The van der Waals surface area contributed by atoms with Crippen LogP contribution in [-0.4, -0.2) is 30.6 Å². The molecule has 0 amide bonds. The van der Waals surface area contributed by atoms with Crippen molar-refractivity contribution >= 4 is 5.97 Å². The first-order valence-corrected chi connectivity index (χ1v) is 4.21. The van der Waals surface area contributed by atoms with Crippen molar-refractivity contribution in [3.63, 3.8) is 0 Å². The van der Waals surface area contributed by atoms with Crippen molar-refractivity contribution in [2.75, 3.05) is 6.61 Å². The molecule has 1 atom stereocenters. The van der Waals surface area contributed by atoms with E-state index < -0.39 is 42.5 Å². The minimum absolute atomic E-state index is 0.122. The van der Waals surface area contributed by atoms with Crippen LogP contribution in [0, 0.1) is 0 Å². The van der Waals surface area contributed by atoms with Gasteiger partial charge >= 0.3 is 23.9 Å². The van der Waals surface area contributed by atoms with E-state index in [4.69, 9.17) is 0 Å². The summed E-state index contributed by atoms with van der Waals surface area (Å²) >= 11 is 0. The van der Waals surface area contributed by atoms with Crippen molar-refractivity contribution in [2.45, 2.75) is 24.9 Å². The third kappa shape index (κ3) is 3.57. The molecule has 0 aliphatic rings. The fourth-order valence-corrected chi connectivity index (χ4v) is 0.684. The number of hydrogen-bond donors (Lipinski definition) is 0. The van der Waals surface area contributed by atoms with Crippen LogP contribution in [-0.2, 0) is 9.53 Å². The molecule has 0 aromatic rings. The summed E-state index contributed by atoms with van der Waals surface area (Å²) in [6.07, 6.45) is -6.45. The minimum Gasteiger partial charge on any atom is -0.454 e. The summed E-state index contributed by atoms with van der Waals surface area (Å²) in [5.74, 6) is -15.7. The van der Waals surface area contributed by atoms with Crippen LogP contribution < -0.4 is 0 Å². The fraction of sp³-hybridized carbons (Fsp3) is 0.625. The molecule has 0 bridgehead atoms. The quantitative estimate of drug-likeness (QED) is 0.440. The molecule has 0 N–H and O–H groups in total. The van der Waals surface area contributed by atoms with Gasteiger partial charge in [-0.05, 0) is 6.92 Å². The molecule has 2 nitrogen and oxygen atoms in total. The first-order valence-electron chi connectivity index (χ1n) is 4.21. The van der Waals surface area contributed by atoms with Gasteiger partial charge in [-0.15, -0.1) is 0 Å². The zero-order chi connectivity index (χ0) is 14.7. The Bertz CT molecular complexity index is 345. The number of carbonyl (C=O) groups is 1. The molecule has 0 rings (SSSR count). The maximum Gasteiger partial charge on any atom is 0.373 e. The van der Waals surface area contributed by atoms with Gasteiger partial charge in [-0.1, -0.05) is 0 Å². The first-order chi connectivity index (χ1) is 7.93. The number of esters is 1. The van der Waals surface area contributed by atoms with Gasteiger partial charge < -0.3 is 4.74 Å². The van der Waals surface area contributed by atoms with Crippen molar-refractivity contribution in [1.29, 1.82) is 0 Å². The van der Waals surface area contributed by atoms with Crippen molar-refractivity contribution in [3.8, 4) is 0 Å². The second-order valence-electron chi connectivity index (χ2n) is 3.09. The molecule has 0 aliphatic carbocycles. The second-order valence-corrected chi connectivity index (χ2v) is 3.09. The van der Waals surface area contributed by atoms with Crippen LogP contribution in [0.3, 0.4) is 0 Å². The zero-order valence-electron chi connectivity index (χ0n) is 8.62. The highest BCUT2D eigenvalue weighted by atomic mass is 19.3. The average Bonchev–Trinajstić information content (AvgIpc) is 2.24. The summed E-state index contributed by atoms with van der Waals surface area (Å²) < 4.78 is 101. The van der Waals surface area contributed by atoms with E-state index in [0.29, 0.717) is 0 Å². The van der Waals surface area contributed by atoms with Crippen molar-refractivity contribution in [1.82, 2.24) is 0 Å². The predicted molar refractivity (Wildman–Crippen MR) is 41.8 cm³/mol. The molecule has 0 saturated carbocycles. The summed E-state index contributed by atoms with van der Waals surface area (Å²) in [5, 5.41) is 0. The average molecular weight is 286 g/mol. The highest BCUT2D eigenvalue weighted by Gasteiger charge is 2.61. The molecule has 0 aromatic heterocycles. The van der Waals surface area contributed by atoms with Crippen molar-refractivity contribution in [3.05, 3.63) is 11.9 Å². The normalized spacial score (nSPS) is 14.1. The van der Waals surface area contributed by atoms with Gasteiger partial charge in [-0.25, -0.2) is 9.18 Å². The number of carbonyl (C=O) groups excluding carboxylic acids is 1. The Kier molecular flexibility index (Phi) is 5.11. The Morgan fingerprint density at radius 3 is 1.94 bits per heavy atom. The Morgan fingerprint density at radius 1 is 1.17 bits per heavy atom. The maximum absolute atomic E-state index is 12.7. The lowest BCUT2D eigenvalue weighted by Gasteiger charge is -2.26. The van der Waals surface area contributed by atoms with E-state index in [2.05, 4.69) is 4.74 Å². The smallest absolute Gasteiger partial charge is 0.373 e. The van der Waals surface area contributed by atoms with Crippen LogP contribution in [0.5, 0.6) is 0 Å². The van der Waals surface area contributed by atoms with Crippen molar-refractivity contribution in [2.24, 2.45) is 0 Å². The van der Waals surface area contributed by atoms with E-state index in [0.717, 1.165) is 0 Å². The zero-order valence-corrected chi connectivity index (χ0v) is 8.62. The number of halogens is 8. The molecule has 0 saturated heterocycles. The van der Waals surface area contributed by atoms with Gasteiger partial charge in [0.1, 0.15) is 0 Å². The molecule has 106 valence electrons. The molecule has 0 aromatic carbocycles. The highest BCUT2D eigenvalue weighted by Crippen LogP contribution is 2.38. The molecule has 10 heteroatoms. The predicted octanol–water partition coefficient (Wildman–Crippen LogP) is 3.24. The van der Waals surface area contributed by atoms with E-state index in [1.54, 1.807) is 0 Å². The van der Waals surface area contributed by atoms with E-state index in [9.17, 15) is 39.9 Å². The van der Waals surface area contributed by atoms with E-state index in [1.165, 1.54) is 0 Å². The van der Waals surface area contributed by atoms with Crippen LogP contribution >= 0.6 is 0 Å². The van der Waals surface area contributed by atoms with Crippen LogP contribution in [0.1, 0.15) is 6.92 Å². The fourth-order valence-electron chi connectivity index (χ4n) is 0.684.